The molecule has 136 valence electrons. The van der Waals surface area contributed by atoms with Crippen LogP contribution in [0, 0.1) is 5.92 Å². The molecule has 1 amide bonds. The van der Waals surface area contributed by atoms with Crippen LogP contribution in [0.5, 0.6) is 0 Å². The first-order chi connectivity index (χ1) is 11.8. The van der Waals surface area contributed by atoms with Crippen LogP contribution in [0.25, 0.3) is 0 Å². The molecular formula is C20H27NO2S2. The molecule has 1 atom stereocenters. The standard InChI is InChI=1S/C20H27NO2S2/c1-6-16(4)17(5)10-8-7-9-14(2)11-18-19(23)21(20(24)25-18)12-15(3)13-22/h7-8,11,13,15H,2,6,9-10,12H2,1,3-5H3/b8-7-,17-16+,18-11-. The molecule has 3 nitrogen and oxygen atoms in total. The average Bonchev–Trinajstić information content (AvgIpc) is 2.84. The minimum absolute atomic E-state index is 0.133. The van der Waals surface area contributed by atoms with E-state index in [1.165, 1.54) is 27.8 Å². The summed E-state index contributed by atoms with van der Waals surface area (Å²) in [5.41, 5.74) is 3.69. The molecule has 1 unspecified atom stereocenters. The SMILES string of the molecule is C=C(/C=C1\SC(=S)N(CC(C)C=O)C1=O)C/C=C\C/C(C)=C(\C)CC. The van der Waals surface area contributed by atoms with Gasteiger partial charge in [0.15, 0.2) is 0 Å². The third kappa shape index (κ3) is 6.75. The Labute approximate surface area is 160 Å². The average molecular weight is 378 g/mol. The lowest BCUT2D eigenvalue weighted by Crippen LogP contribution is -2.32. The number of carbonyl (C=O) groups excluding carboxylic acids is 2. The van der Waals surface area contributed by atoms with Gasteiger partial charge in [-0.25, -0.2) is 0 Å². The number of rotatable bonds is 9. The van der Waals surface area contributed by atoms with Gasteiger partial charge >= 0.3 is 0 Å². The highest BCUT2D eigenvalue weighted by molar-refractivity contribution is 8.26. The van der Waals surface area contributed by atoms with Crippen molar-refractivity contribution in [2.75, 3.05) is 6.54 Å². The van der Waals surface area contributed by atoms with Gasteiger partial charge in [-0.3, -0.25) is 9.69 Å². The summed E-state index contributed by atoms with van der Waals surface area (Å²) in [6, 6.07) is 0. The van der Waals surface area contributed by atoms with E-state index in [1.807, 2.05) is 0 Å². The summed E-state index contributed by atoms with van der Waals surface area (Å²) in [4.78, 5) is 25.3. The molecule has 0 bridgehead atoms. The van der Waals surface area contributed by atoms with Crippen molar-refractivity contribution in [1.29, 1.82) is 0 Å². The van der Waals surface area contributed by atoms with E-state index < -0.39 is 0 Å². The number of hydrogen-bond donors (Lipinski definition) is 0. The maximum Gasteiger partial charge on any atom is 0.266 e. The molecule has 1 aliphatic heterocycles. The van der Waals surface area contributed by atoms with Gasteiger partial charge in [0.05, 0.1) is 4.91 Å². The van der Waals surface area contributed by atoms with E-state index in [2.05, 4.69) is 39.5 Å². The van der Waals surface area contributed by atoms with Gasteiger partial charge in [0.2, 0.25) is 0 Å². The third-order valence-corrected chi connectivity index (χ3v) is 5.52. The van der Waals surface area contributed by atoms with Crippen molar-refractivity contribution < 1.29 is 9.59 Å². The highest BCUT2D eigenvalue weighted by Gasteiger charge is 2.32. The molecule has 1 aliphatic rings. The Kier molecular flexibility index (Phi) is 9.08. The van der Waals surface area contributed by atoms with E-state index in [4.69, 9.17) is 12.2 Å². The minimum Gasteiger partial charge on any atom is -0.303 e. The fourth-order valence-corrected chi connectivity index (χ4v) is 3.51. The second-order valence-corrected chi connectivity index (χ2v) is 8.03. The van der Waals surface area contributed by atoms with Crippen LogP contribution in [0.4, 0.5) is 0 Å². The number of carbonyl (C=O) groups is 2. The van der Waals surface area contributed by atoms with Gasteiger partial charge in [0.25, 0.3) is 5.91 Å². The number of thiocarbonyl (C=S) groups is 1. The second-order valence-electron chi connectivity index (χ2n) is 6.36. The van der Waals surface area contributed by atoms with Gasteiger partial charge in [-0.1, -0.05) is 73.3 Å². The van der Waals surface area contributed by atoms with E-state index in [9.17, 15) is 9.59 Å². The molecule has 0 spiro atoms. The molecule has 0 aliphatic carbocycles. The summed E-state index contributed by atoms with van der Waals surface area (Å²) < 4.78 is 0.504. The first kappa shape index (κ1) is 21.6. The number of nitrogens with zero attached hydrogens (tertiary/aromatic N) is 1. The Hall–Kier alpha value is -1.46. The van der Waals surface area contributed by atoms with Crippen molar-refractivity contribution in [2.45, 2.75) is 47.0 Å². The predicted octanol–water partition coefficient (Wildman–Crippen LogP) is 5.20. The third-order valence-electron chi connectivity index (χ3n) is 4.14. The molecular weight excluding hydrogens is 350 g/mol. The van der Waals surface area contributed by atoms with Crippen LogP contribution in [-0.4, -0.2) is 28.0 Å². The molecule has 0 radical (unpaired) electrons. The Bertz CT molecular complexity index is 644. The normalized spacial score (nSPS) is 18.9. The number of amides is 1. The van der Waals surface area contributed by atoms with Gasteiger partial charge in [-0.2, -0.15) is 0 Å². The summed E-state index contributed by atoms with van der Waals surface area (Å²) in [6.07, 6.45) is 9.59. The first-order valence-electron chi connectivity index (χ1n) is 8.48. The first-order valence-corrected chi connectivity index (χ1v) is 9.71. The van der Waals surface area contributed by atoms with Crippen molar-refractivity contribution in [3.05, 3.63) is 46.4 Å². The van der Waals surface area contributed by atoms with E-state index in [0.717, 1.165) is 24.7 Å². The molecule has 5 heteroatoms. The molecule has 1 saturated heterocycles. The lowest BCUT2D eigenvalue weighted by Gasteiger charge is -2.15. The van der Waals surface area contributed by atoms with E-state index in [0.29, 0.717) is 22.2 Å². The number of allylic oxidation sites excluding steroid dienone is 6. The maximum absolute atomic E-state index is 12.4. The van der Waals surface area contributed by atoms with Crippen molar-refractivity contribution in [3.63, 3.8) is 0 Å². The van der Waals surface area contributed by atoms with E-state index in [-0.39, 0.29) is 11.8 Å². The van der Waals surface area contributed by atoms with Crippen molar-refractivity contribution >= 4 is 40.5 Å². The molecule has 1 rings (SSSR count). The zero-order valence-electron chi connectivity index (χ0n) is 15.5. The van der Waals surface area contributed by atoms with Crippen LogP contribution in [-0.2, 0) is 9.59 Å². The fourth-order valence-electron chi connectivity index (χ4n) is 2.20. The minimum atomic E-state index is -0.226. The van der Waals surface area contributed by atoms with Crippen LogP contribution in [0.1, 0.15) is 47.0 Å². The zero-order valence-corrected chi connectivity index (χ0v) is 17.1. The van der Waals surface area contributed by atoms with Crippen molar-refractivity contribution in [1.82, 2.24) is 4.90 Å². The molecule has 1 fully saturated rings. The maximum atomic E-state index is 12.4. The van der Waals surface area contributed by atoms with Crippen LogP contribution < -0.4 is 0 Å². The molecule has 25 heavy (non-hydrogen) atoms. The summed E-state index contributed by atoms with van der Waals surface area (Å²) in [5, 5.41) is 0. The zero-order chi connectivity index (χ0) is 19.0. The summed E-state index contributed by atoms with van der Waals surface area (Å²) in [7, 11) is 0. The molecule has 0 aromatic heterocycles. The van der Waals surface area contributed by atoms with Gasteiger partial charge in [-0.15, -0.1) is 0 Å². The summed E-state index contributed by atoms with van der Waals surface area (Å²) in [6.45, 7) is 12.6. The predicted molar refractivity (Wildman–Crippen MR) is 111 cm³/mol. The quantitative estimate of drug-likeness (QED) is 0.239. The summed E-state index contributed by atoms with van der Waals surface area (Å²) >= 11 is 6.52. The topological polar surface area (TPSA) is 37.4 Å². The Balaban J connectivity index is 2.62. The van der Waals surface area contributed by atoms with Gasteiger partial charge in [-0.05, 0) is 39.2 Å². The van der Waals surface area contributed by atoms with Crippen molar-refractivity contribution in [2.24, 2.45) is 5.92 Å². The van der Waals surface area contributed by atoms with Crippen LogP contribution in [0.3, 0.4) is 0 Å². The fraction of sp³-hybridized carbons (Fsp3) is 0.450. The largest absolute Gasteiger partial charge is 0.303 e. The Morgan fingerprint density at radius 3 is 2.52 bits per heavy atom. The smallest absolute Gasteiger partial charge is 0.266 e. The molecule has 0 N–H and O–H groups in total. The van der Waals surface area contributed by atoms with Gasteiger partial charge < -0.3 is 4.79 Å². The molecule has 0 aromatic rings. The summed E-state index contributed by atoms with van der Waals surface area (Å²) in [5.74, 6) is -0.359. The van der Waals surface area contributed by atoms with Gasteiger partial charge in [0.1, 0.15) is 10.6 Å². The Morgan fingerprint density at radius 2 is 1.92 bits per heavy atom. The van der Waals surface area contributed by atoms with Crippen LogP contribution in [0.2, 0.25) is 0 Å². The van der Waals surface area contributed by atoms with E-state index in [1.54, 1.807) is 13.0 Å². The molecule has 0 saturated carbocycles. The van der Waals surface area contributed by atoms with E-state index >= 15 is 0 Å². The number of hydrogen-bond acceptors (Lipinski definition) is 4. The molecule has 0 aromatic carbocycles. The lowest BCUT2D eigenvalue weighted by atomic mass is 10.1. The van der Waals surface area contributed by atoms with Gasteiger partial charge in [0, 0.05) is 12.5 Å². The lowest BCUT2D eigenvalue weighted by molar-refractivity contribution is -0.123. The highest BCUT2D eigenvalue weighted by atomic mass is 32.2. The number of thioether (sulfide) groups is 1. The highest BCUT2D eigenvalue weighted by Crippen LogP contribution is 2.32. The monoisotopic (exact) mass is 377 g/mol. The van der Waals surface area contributed by atoms with Crippen LogP contribution >= 0.6 is 24.0 Å². The van der Waals surface area contributed by atoms with Crippen molar-refractivity contribution in [3.8, 4) is 0 Å². The van der Waals surface area contributed by atoms with Crippen LogP contribution in [0.15, 0.2) is 46.4 Å². The second kappa shape index (κ2) is 10.5. The molecule has 1 heterocycles. The number of aldehydes is 1. The Morgan fingerprint density at radius 1 is 1.28 bits per heavy atom.